The molecule has 0 bridgehead atoms. The Morgan fingerprint density at radius 3 is 2.89 bits per heavy atom. The van der Waals surface area contributed by atoms with Gasteiger partial charge in [-0.25, -0.2) is 8.42 Å². The van der Waals surface area contributed by atoms with E-state index in [2.05, 4.69) is 0 Å². The SMILES string of the molecule is O=C(O)[C@@]12CCC[C@H]1CN(S(=O)(=O)c1ccco1)C2. The van der Waals surface area contributed by atoms with E-state index in [4.69, 9.17) is 4.42 Å². The Morgan fingerprint density at radius 2 is 2.32 bits per heavy atom. The van der Waals surface area contributed by atoms with Crippen molar-refractivity contribution in [3.8, 4) is 0 Å². The van der Waals surface area contributed by atoms with Crippen molar-refractivity contribution in [1.82, 2.24) is 4.31 Å². The van der Waals surface area contributed by atoms with Crippen molar-refractivity contribution in [2.75, 3.05) is 13.1 Å². The zero-order valence-corrected chi connectivity index (χ0v) is 11.1. The summed E-state index contributed by atoms with van der Waals surface area (Å²) in [6.45, 7) is 0.325. The van der Waals surface area contributed by atoms with Gasteiger partial charge in [0.1, 0.15) is 0 Å². The number of carboxylic acids is 1. The van der Waals surface area contributed by atoms with Gasteiger partial charge in [-0.1, -0.05) is 6.42 Å². The van der Waals surface area contributed by atoms with Gasteiger partial charge in [0.2, 0.25) is 5.09 Å². The largest absolute Gasteiger partial charge is 0.481 e. The summed E-state index contributed by atoms with van der Waals surface area (Å²) in [6.07, 6.45) is 3.48. The summed E-state index contributed by atoms with van der Waals surface area (Å²) in [5, 5.41) is 9.33. The number of furan rings is 1. The van der Waals surface area contributed by atoms with Crippen molar-refractivity contribution in [1.29, 1.82) is 0 Å². The van der Waals surface area contributed by atoms with Crippen LogP contribution in [-0.4, -0.2) is 36.9 Å². The summed E-state index contributed by atoms with van der Waals surface area (Å²) < 4.78 is 30.9. The number of fused-ring (bicyclic) bond motifs is 1. The van der Waals surface area contributed by atoms with Crippen LogP contribution in [0.15, 0.2) is 27.9 Å². The fourth-order valence-electron chi connectivity index (χ4n) is 3.31. The lowest BCUT2D eigenvalue weighted by molar-refractivity contribution is -0.149. The third kappa shape index (κ3) is 1.72. The molecule has 1 saturated heterocycles. The van der Waals surface area contributed by atoms with Gasteiger partial charge in [-0.3, -0.25) is 4.79 Å². The third-order valence-corrected chi connectivity index (χ3v) is 6.05. The summed E-state index contributed by atoms with van der Waals surface area (Å²) in [5.74, 6) is -0.970. The van der Waals surface area contributed by atoms with Crippen LogP contribution in [0.4, 0.5) is 0 Å². The molecule has 0 aromatic carbocycles. The molecule has 0 amide bonds. The Bertz CT molecular complexity index is 594. The molecule has 104 valence electrons. The molecule has 1 saturated carbocycles. The molecule has 0 unspecified atom stereocenters. The summed E-state index contributed by atoms with van der Waals surface area (Å²) in [7, 11) is -3.71. The molecule has 1 aliphatic carbocycles. The van der Waals surface area contributed by atoms with Crippen molar-refractivity contribution in [2.24, 2.45) is 11.3 Å². The minimum atomic E-state index is -3.71. The second-order valence-corrected chi connectivity index (χ2v) is 7.15. The number of carboxylic acid groups (broad SMARTS) is 1. The van der Waals surface area contributed by atoms with Crippen molar-refractivity contribution >= 4 is 16.0 Å². The van der Waals surface area contributed by atoms with Crippen LogP contribution in [0.2, 0.25) is 0 Å². The molecule has 1 aliphatic heterocycles. The lowest BCUT2D eigenvalue weighted by atomic mass is 9.81. The molecule has 2 aliphatic rings. The van der Waals surface area contributed by atoms with Gasteiger partial charge in [0, 0.05) is 13.1 Å². The molecule has 3 rings (SSSR count). The Labute approximate surface area is 111 Å². The van der Waals surface area contributed by atoms with Crippen LogP contribution in [0, 0.1) is 11.3 Å². The van der Waals surface area contributed by atoms with Gasteiger partial charge < -0.3 is 9.52 Å². The van der Waals surface area contributed by atoms with Gasteiger partial charge >= 0.3 is 5.97 Å². The average molecular weight is 285 g/mol. The first-order chi connectivity index (χ1) is 8.97. The molecular formula is C12H15NO5S. The first kappa shape index (κ1) is 12.7. The maximum absolute atomic E-state index is 12.3. The van der Waals surface area contributed by atoms with E-state index in [0.29, 0.717) is 6.42 Å². The highest BCUT2D eigenvalue weighted by atomic mass is 32.2. The van der Waals surface area contributed by atoms with E-state index in [9.17, 15) is 18.3 Å². The molecule has 19 heavy (non-hydrogen) atoms. The molecule has 6 nitrogen and oxygen atoms in total. The van der Waals surface area contributed by atoms with Gasteiger partial charge in [-0.15, -0.1) is 0 Å². The highest BCUT2D eigenvalue weighted by Gasteiger charge is 2.57. The second-order valence-electron chi connectivity index (χ2n) is 5.28. The second kappa shape index (κ2) is 4.08. The van der Waals surface area contributed by atoms with Gasteiger partial charge in [0.15, 0.2) is 0 Å². The van der Waals surface area contributed by atoms with E-state index in [1.165, 1.54) is 22.7 Å². The van der Waals surface area contributed by atoms with Gasteiger partial charge in [0.25, 0.3) is 10.0 Å². The minimum Gasteiger partial charge on any atom is -0.481 e. The van der Waals surface area contributed by atoms with Gasteiger partial charge in [0.05, 0.1) is 11.7 Å². The number of hydrogen-bond donors (Lipinski definition) is 1. The third-order valence-electron chi connectivity index (χ3n) is 4.35. The molecule has 2 atom stereocenters. The lowest BCUT2D eigenvalue weighted by Crippen LogP contribution is -2.37. The summed E-state index contributed by atoms with van der Waals surface area (Å²) in [4.78, 5) is 11.5. The van der Waals surface area contributed by atoms with Crippen molar-refractivity contribution < 1.29 is 22.7 Å². The highest BCUT2D eigenvalue weighted by Crippen LogP contribution is 2.50. The molecule has 7 heteroatoms. The number of rotatable bonds is 3. The van der Waals surface area contributed by atoms with Crippen LogP contribution in [0.1, 0.15) is 19.3 Å². The Morgan fingerprint density at radius 1 is 1.53 bits per heavy atom. The van der Waals surface area contributed by atoms with Crippen molar-refractivity contribution in [3.05, 3.63) is 18.4 Å². The predicted octanol–water partition coefficient (Wildman–Crippen LogP) is 1.16. The lowest BCUT2D eigenvalue weighted by Gasteiger charge is -2.22. The molecule has 1 N–H and O–H groups in total. The topological polar surface area (TPSA) is 87.8 Å². The zero-order chi connectivity index (χ0) is 13.7. The maximum atomic E-state index is 12.3. The van der Waals surface area contributed by atoms with Crippen LogP contribution in [0.5, 0.6) is 0 Å². The minimum absolute atomic E-state index is 0.0516. The molecular weight excluding hydrogens is 270 g/mol. The number of aliphatic carboxylic acids is 1. The Balaban J connectivity index is 1.93. The summed E-state index contributed by atoms with van der Waals surface area (Å²) >= 11 is 0. The quantitative estimate of drug-likeness (QED) is 0.900. The molecule has 0 spiro atoms. The number of nitrogens with zero attached hydrogens (tertiary/aromatic N) is 1. The standard InChI is InChI=1S/C12H15NO5S/c14-11(15)12-5-1-3-9(12)7-13(8-12)19(16,17)10-4-2-6-18-10/h2,4,6,9H,1,3,5,7-8H2,(H,14,15)/t9-,12+/m0/s1. The number of carbonyl (C=O) groups is 1. The molecule has 1 aromatic rings. The van der Waals surface area contributed by atoms with Crippen molar-refractivity contribution in [2.45, 2.75) is 24.4 Å². The smallest absolute Gasteiger partial charge is 0.311 e. The van der Waals surface area contributed by atoms with Crippen molar-refractivity contribution in [3.63, 3.8) is 0 Å². The van der Waals surface area contributed by atoms with Crippen LogP contribution in [0.3, 0.4) is 0 Å². The van der Waals surface area contributed by atoms with Crippen LogP contribution >= 0.6 is 0 Å². The Hall–Kier alpha value is -1.34. The van der Waals surface area contributed by atoms with E-state index >= 15 is 0 Å². The van der Waals surface area contributed by atoms with E-state index in [-0.39, 0.29) is 24.1 Å². The van der Waals surface area contributed by atoms with E-state index in [1.54, 1.807) is 0 Å². The normalized spacial score (nSPS) is 31.5. The maximum Gasteiger partial charge on any atom is 0.311 e. The first-order valence-electron chi connectivity index (χ1n) is 6.24. The zero-order valence-electron chi connectivity index (χ0n) is 10.3. The molecule has 2 heterocycles. The Kier molecular flexibility index (Phi) is 2.72. The van der Waals surface area contributed by atoms with Crippen LogP contribution in [0.25, 0.3) is 0 Å². The van der Waals surface area contributed by atoms with Gasteiger partial charge in [-0.2, -0.15) is 4.31 Å². The van der Waals surface area contributed by atoms with Crippen LogP contribution < -0.4 is 0 Å². The van der Waals surface area contributed by atoms with Crippen LogP contribution in [-0.2, 0) is 14.8 Å². The van der Waals surface area contributed by atoms with Gasteiger partial charge in [-0.05, 0) is 30.9 Å². The predicted molar refractivity (Wildman–Crippen MR) is 64.9 cm³/mol. The number of sulfonamides is 1. The summed E-state index contributed by atoms with van der Waals surface area (Å²) in [6, 6.07) is 2.90. The fourth-order valence-corrected chi connectivity index (χ4v) is 4.77. The van der Waals surface area contributed by atoms with E-state index in [1.807, 2.05) is 0 Å². The van der Waals surface area contributed by atoms with E-state index in [0.717, 1.165) is 12.8 Å². The summed E-state index contributed by atoms with van der Waals surface area (Å²) in [5.41, 5.74) is -0.903. The highest BCUT2D eigenvalue weighted by molar-refractivity contribution is 7.89. The monoisotopic (exact) mass is 285 g/mol. The molecule has 2 fully saturated rings. The fraction of sp³-hybridized carbons (Fsp3) is 0.583. The first-order valence-corrected chi connectivity index (χ1v) is 7.68. The molecule has 0 radical (unpaired) electrons. The molecule has 1 aromatic heterocycles. The average Bonchev–Trinajstić information content (AvgIpc) is 3.04. The number of hydrogen-bond acceptors (Lipinski definition) is 4. The van der Waals surface area contributed by atoms with E-state index < -0.39 is 21.4 Å².